The summed E-state index contributed by atoms with van der Waals surface area (Å²) in [4.78, 5) is 9.94. The van der Waals surface area contributed by atoms with Crippen LogP contribution in [0.4, 0.5) is 0 Å². The zero-order valence-electron chi connectivity index (χ0n) is 15.7. The second kappa shape index (κ2) is 9.20. The molecule has 3 rings (SSSR count). The summed E-state index contributed by atoms with van der Waals surface area (Å²) in [5, 5.41) is 3.48. The van der Waals surface area contributed by atoms with E-state index in [1.165, 1.54) is 24.0 Å². The molecule has 1 aromatic carbocycles. The minimum atomic E-state index is 0.320. The molecule has 1 aromatic rings. The third-order valence-electron chi connectivity index (χ3n) is 5.10. The van der Waals surface area contributed by atoms with Gasteiger partial charge in [-0.1, -0.05) is 29.8 Å². The molecule has 0 amide bonds. The molecule has 0 aliphatic carbocycles. The molecule has 0 spiro atoms. The lowest BCUT2D eigenvalue weighted by Crippen LogP contribution is -2.42. The van der Waals surface area contributed by atoms with Gasteiger partial charge in [-0.05, 0) is 32.3 Å². The average molecular weight is 345 g/mol. The Hall–Kier alpha value is -1.59. The number of hydrogen-bond donors (Lipinski definition) is 1. The van der Waals surface area contributed by atoms with Crippen LogP contribution in [-0.4, -0.2) is 68.2 Å². The fraction of sp³-hybridized carbons (Fsp3) is 0.650. The van der Waals surface area contributed by atoms with Gasteiger partial charge in [-0.2, -0.15) is 0 Å². The van der Waals surface area contributed by atoms with E-state index in [0.717, 1.165) is 58.4 Å². The summed E-state index contributed by atoms with van der Waals surface area (Å²) >= 11 is 0. The fourth-order valence-corrected chi connectivity index (χ4v) is 3.64. The Morgan fingerprint density at radius 1 is 1.12 bits per heavy atom. The number of morpholine rings is 1. The van der Waals surface area contributed by atoms with E-state index < -0.39 is 0 Å². The highest BCUT2D eigenvalue weighted by molar-refractivity contribution is 5.80. The lowest BCUT2D eigenvalue weighted by molar-refractivity contribution is 0.0179. The Balaban J connectivity index is 1.77. The van der Waals surface area contributed by atoms with Crippen LogP contribution >= 0.6 is 0 Å². The Kier molecular flexibility index (Phi) is 6.70. The third-order valence-corrected chi connectivity index (χ3v) is 5.10. The number of guanidine groups is 1. The summed E-state index contributed by atoms with van der Waals surface area (Å²) in [6, 6.07) is 9.25. The topological polar surface area (TPSA) is 40.1 Å². The molecule has 138 valence electrons. The SMILES string of the molecule is CCNC(=NCC(c1ccc(C)cc1)N1CCOCC1)N1CCCC1. The van der Waals surface area contributed by atoms with E-state index in [1.54, 1.807) is 0 Å². The number of likely N-dealkylation sites (tertiary alicyclic amines) is 1. The first-order valence-corrected chi connectivity index (χ1v) is 9.69. The van der Waals surface area contributed by atoms with E-state index >= 15 is 0 Å². The van der Waals surface area contributed by atoms with Crippen LogP contribution in [-0.2, 0) is 4.74 Å². The van der Waals surface area contributed by atoms with Gasteiger partial charge < -0.3 is 15.0 Å². The van der Waals surface area contributed by atoms with Crippen molar-refractivity contribution in [3.05, 3.63) is 35.4 Å². The van der Waals surface area contributed by atoms with Gasteiger partial charge in [0.05, 0.1) is 25.8 Å². The standard InChI is InChI=1S/C20H32N4O/c1-3-21-20(24-10-4-5-11-24)22-16-19(23-12-14-25-15-13-23)18-8-6-17(2)7-9-18/h6-9,19H,3-5,10-16H2,1-2H3,(H,21,22). The summed E-state index contributed by atoms with van der Waals surface area (Å²) in [5.74, 6) is 1.07. The molecule has 0 bridgehead atoms. The van der Waals surface area contributed by atoms with E-state index in [0.29, 0.717) is 6.04 Å². The van der Waals surface area contributed by atoms with Crippen molar-refractivity contribution in [3.8, 4) is 0 Å². The van der Waals surface area contributed by atoms with Gasteiger partial charge in [-0.3, -0.25) is 9.89 Å². The molecule has 2 fully saturated rings. The van der Waals surface area contributed by atoms with E-state index in [4.69, 9.17) is 9.73 Å². The molecule has 5 nitrogen and oxygen atoms in total. The van der Waals surface area contributed by atoms with Crippen molar-refractivity contribution in [2.24, 2.45) is 4.99 Å². The minimum absolute atomic E-state index is 0.320. The molecule has 1 atom stereocenters. The predicted molar refractivity (Wildman–Crippen MR) is 103 cm³/mol. The maximum Gasteiger partial charge on any atom is 0.193 e. The number of hydrogen-bond acceptors (Lipinski definition) is 3. The maximum atomic E-state index is 5.55. The molecule has 0 saturated carbocycles. The zero-order valence-corrected chi connectivity index (χ0v) is 15.7. The van der Waals surface area contributed by atoms with Crippen LogP contribution in [0.15, 0.2) is 29.3 Å². The van der Waals surface area contributed by atoms with Crippen molar-refractivity contribution in [2.45, 2.75) is 32.7 Å². The fourth-order valence-electron chi connectivity index (χ4n) is 3.64. The molecular formula is C20H32N4O. The number of nitrogens with one attached hydrogen (secondary N) is 1. The Morgan fingerprint density at radius 2 is 1.80 bits per heavy atom. The second-order valence-corrected chi connectivity index (χ2v) is 6.96. The molecule has 1 unspecified atom stereocenters. The van der Waals surface area contributed by atoms with Crippen molar-refractivity contribution >= 4 is 5.96 Å². The van der Waals surface area contributed by atoms with Crippen LogP contribution in [0.5, 0.6) is 0 Å². The highest BCUT2D eigenvalue weighted by Gasteiger charge is 2.23. The van der Waals surface area contributed by atoms with Crippen molar-refractivity contribution in [3.63, 3.8) is 0 Å². The first-order valence-electron chi connectivity index (χ1n) is 9.69. The van der Waals surface area contributed by atoms with Gasteiger partial charge in [0.2, 0.25) is 0 Å². The summed E-state index contributed by atoms with van der Waals surface area (Å²) < 4.78 is 5.55. The lowest BCUT2D eigenvalue weighted by atomic mass is 10.0. The van der Waals surface area contributed by atoms with Gasteiger partial charge in [0.25, 0.3) is 0 Å². The Bertz CT molecular complexity index is 545. The molecule has 0 radical (unpaired) electrons. The smallest absolute Gasteiger partial charge is 0.193 e. The number of aliphatic imine (C=N–C) groups is 1. The van der Waals surface area contributed by atoms with Gasteiger partial charge >= 0.3 is 0 Å². The predicted octanol–water partition coefficient (Wildman–Crippen LogP) is 2.43. The highest BCUT2D eigenvalue weighted by atomic mass is 16.5. The lowest BCUT2D eigenvalue weighted by Gasteiger charge is -2.34. The van der Waals surface area contributed by atoms with Crippen LogP contribution in [0.25, 0.3) is 0 Å². The molecule has 1 N–H and O–H groups in total. The molecule has 2 saturated heterocycles. The number of benzene rings is 1. The largest absolute Gasteiger partial charge is 0.379 e. The third kappa shape index (κ3) is 4.95. The van der Waals surface area contributed by atoms with E-state index in [1.807, 2.05) is 0 Å². The summed E-state index contributed by atoms with van der Waals surface area (Å²) in [6.45, 7) is 11.8. The number of ether oxygens (including phenoxy) is 1. The number of nitrogens with zero attached hydrogens (tertiary/aromatic N) is 3. The van der Waals surface area contributed by atoms with Gasteiger partial charge in [-0.15, -0.1) is 0 Å². The summed E-state index contributed by atoms with van der Waals surface area (Å²) in [7, 11) is 0. The monoisotopic (exact) mass is 344 g/mol. The van der Waals surface area contributed by atoms with Crippen LogP contribution < -0.4 is 5.32 Å². The van der Waals surface area contributed by atoms with Crippen LogP contribution in [0.1, 0.15) is 36.9 Å². The molecule has 5 heteroatoms. The summed E-state index contributed by atoms with van der Waals surface area (Å²) in [6.07, 6.45) is 2.55. The van der Waals surface area contributed by atoms with Crippen LogP contribution in [0.2, 0.25) is 0 Å². The van der Waals surface area contributed by atoms with Gasteiger partial charge in [-0.25, -0.2) is 0 Å². The van der Waals surface area contributed by atoms with Crippen molar-refractivity contribution < 1.29 is 4.74 Å². The number of aryl methyl sites for hydroxylation is 1. The normalized spacial score (nSPS) is 20.7. The quantitative estimate of drug-likeness (QED) is 0.658. The van der Waals surface area contributed by atoms with Crippen LogP contribution in [0, 0.1) is 6.92 Å². The second-order valence-electron chi connectivity index (χ2n) is 6.96. The van der Waals surface area contributed by atoms with Crippen molar-refractivity contribution in [2.75, 3.05) is 52.5 Å². The maximum absolute atomic E-state index is 5.55. The van der Waals surface area contributed by atoms with E-state index in [2.05, 4.69) is 53.2 Å². The van der Waals surface area contributed by atoms with Crippen molar-refractivity contribution in [1.82, 2.24) is 15.1 Å². The minimum Gasteiger partial charge on any atom is -0.379 e. The van der Waals surface area contributed by atoms with E-state index in [9.17, 15) is 0 Å². The van der Waals surface area contributed by atoms with Gasteiger partial charge in [0.15, 0.2) is 5.96 Å². The Morgan fingerprint density at radius 3 is 2.44 bits per heavy atom. The summed E-state index contributed by atoms with van der Waals surface area (Å²) in [5.41, 5.74) is 2.66. The first-order chi connectivity index (χ1) is 12.3. The number of rotatable bonds is 5. The van der Waals surface area contributed by atoms with E-state index in [-0.39, 0.29) is 0 Å². The Labute approximate surface area is 152 Å². The van der Waals surface area contributed by atoms with Crippen LogP contribution in [0.3, 0.4) is 0 Å². The molecule has 25 heavy (non-hydrogen) atoms. The van der Waals surface area contributed by atoms with Gasteiger partial charge in [0.1, 0.15) is 0 Å². The molecular weight excluding hydrogens is 312 g/mol. The highest BCUT2D eigenvalue weighted by Crippen LogP contribution is 2.23. The molecule has 0 aromatic heterocycles. The molecule has 2 aliphatic rings. The first kappa shape index (κ1) is 18.2. The molecule has 2 aliphatic heterocycles. The van der Waals surface area contributed by atoms with Gasteiger partial charge in [0, 0.05) is 32.7 Å². The average Bonchev–Trinajstić information content (AvgIpc) is 3.18. The molecule has 2 heterocycles. The zero-order chi connectivity index (χ0) is 17.5. The van der Waals surface area contributed by atoms with Crippen molar-refractivity contribution in [1.29, 1.82) is 0 Å².